The maximum atomic E-state index is 14.4. The zero-order chi connectivity index (χ0) is 20.4. The number of nitrogens with one attached hydrogen (secondary N) is 1. The fraction of sp³-hybridized carbons (Fsp3) is 0.130. The second-order valence-corrected chi connectivity index (χ2v) is 7.26. The van der Waals surface area contributed by atoms with Crippen LogP contribution in [-0.2, 0) is 13.1 Å². The number of hydrogen-bond donors (Lipinski definition) is 1. The van der Waals surface area contributed by atoms with E-state index in [2.05, 4.69) is 10.3 Å². The number of carbonyl (C=O) groups excluding carboxylic acids is 1. The summed E-state index contributed by atoms with van der Waals surface area (Å²) < 4.78 is 16.2. The number of aryl methyl sites for hydroxylation is 1. The molecule has 0 radical (unpaired) electrons. The van der Waals surface area contributed by atoms with Gasteiger partial charge in [0.05, 0.1) is 24.1 Å². The van der Waals surface area contributed by atoms with Crippen LogP contribution >= 0.6 is 11.6 Å². The SMILES string of the molecule is Cc1cccc(C(=O)NCc2nc3ccccc3n2Cc2c(F)cccc2Cl)c1. The summed E-state index contributed by atoms with van der Waals surface area (Å²) in [6.07, 6.45) is 0. The number of imidazole rings is 1. The van der Waals surface area contributed by atoms with E-state index in [4.69, 9.17) is 11.6 Å². The highest BCUT2D eigenvalue weighted by atomic mass is 35.5. The van der Waals surface area contributed by atoms with E-state index in [1.165, 1.54) is 6.07 Å². The summed E-state index contributed by atoms with van der Waals surface area (Å²) in [6, 6.07) is 19.6. The van der Waals surface area contributed by atoms with Gasteiger partial charge in [-0.05, 0) is 43.3 Å². The minimum absolute atomic E-state index is 0.184. The molecule has 0 fully saturated rings. The molecule has 0 saturated carbocycles. The second-order valence-electron chi connectivity index (χ2n) is 6.86. The average molecular weight is 408 g/mol. The summed E-state index contributed by atoms with van der Waals surface area (Å²) in [5.41, 5.74) is 3.62. The van der Waals surface area contributed by atoms with Gasteiger partial charge in [0, 0.05) is 16.1 Å². The van der Waals surface area contributed by atoms with Gasteiger partial charge in [-0.3, -0.25) is 4.79 Å². The summed E-state index contributed by atoms with van der Waals surface area (Å²) in [6.45, 7) is 2.38. The largest absolute Gasteiger partial charge is 0.345 e. The molecule has 4 nitrogen and oxygen atoms in total. The zero-order valence-electron chi connectivity index (χ0n) is 15.8. The van der Waals surface area contributed by atoms with E-state index < -0.39 is 0 Å². The Kier molecular flexibility index (Phi) is 5.32. The van der Waals surface area contributed by atoms with Crippen molar-refractivity contribution in [3.63, 3.8) is 0 Å². The van der Waals surface area contributed by atoms with Crippen LogP contribution in [-0.4, -0.2) is 15.5 Å². The topological polar surface area (TPSA) is 46.9 Å². The number of carbonyl (C=O) groups is 1. The fourth-order valence-corrected chi connectivity index (χ4v) is 3.55. The molecule has 4 aromatic rings. The van der Waals surface area contributed by atoms with E-state index in [-0.39, 0.29) is 24.8 Å². The first-order chi connectivity index (χ1) is 14.0. The molecule has 4 rings (SSSR count). The molecule has 0 atom stereocenters. The maximum absolute atomic E-state index is 14.4. The molecular weight excluding hydrogens is 389 g/mol. The first-order valence-electron chi connectivity index (χ1n) is 9.25. The van der Waals surface area contributed by atoms with Crippen molar-refractivity contribution in [2.24, 2.45) is 0 Å². The third kappa shape index (κ3) is 4.00. The van der Waals surface area contributed by atoms with Gasteiger partial charge in [0.15, 0.2) is 0 Å². The summed E-state index contributed by atoms with van der Waals surface area (Å²) in [5, 5.41) is 3.27. The Bertz CT molecular complexity index is 1180. The van der Waals surface area contributed by atoms with Crippen LogP contribution in [0.5, 0.6) is 0 Å². The average Bonchev–Trinajstić information content (AvgIpc) is 3.06. The van der Waals surface area contributed by atoms with E-state index in [9.17, 15) is 9.18 Å². The normalized spacial score (nSPS) is 11.0. The Labute approximate surface area is 173 Å². The van der Waals surface area contributed by atoms with Crippen molar-refractivity contribution < 1.29 is 9.18 Å². The molecule has 0 spiro atoms. The molecule has 3 aromatic carbocycles. The van der Waals surface area contributed by atoms with E-state index in [0.717, 1.165) is 16.6 Å². The van der Waals surface area contributed by atoms with Crippen LogP contribution in [0.4, 0.5) is 4.39 Å². The predicted molar refractivity (Wildman–Crippen MR) is 113 cm³/mol. The van der Waals surface area contributed by atoms with Gasteiger partial charge in [-0.15, -0.1) is 0 Å². The number of nitrogens with zero attached hydrogens (tertiary/aromatic N) is 2. The standard InChI is InChI=1S/C23H19ClFN3O/c1-15-6-4-7-16(12-15)23(29)26-13-22-27-20-10-2-3-11-21(20)28(22)14-17-18(24)8-5-9-19(17)25/h2-12H,13-14H2,1H3,(H,26,29). The molecule has 1 heterocycles. The minimum atomic E-state index is -0.370. The molecule has 0 saturated heterocycles. The molecular formula is C23H19ClFN3O. The number of halogens is 2. The van der Waals surface area contributed by atoms with Gasteiger partial charge in [0.1, 0.15) is 11.6 Å². The number of fused-ring (bicyclic) bond motifs is 1. The van der Waals surface area contributed by atoms with Crippen molar-refractivity contribution >= 4 is 28.5 Å². The van der Waals surface area contributed by atoms with Crippen LogP contribution in [0.1, 0.15) is 27.3 Å². The lowest BCUT2D eigenvalue weighted by Crippen LogP contribution is -2.25. The molecule has 146 valence electrons. The highest BCUT2D eigenvalue weighted by molar-refractivity contribution is 6.31. The van der Waals surface area contributed by atoms with E-state index >= 15 is 0 Å². The molecule has 6 heteroatoms. The van der Waals surface area contributed by atoms with Crippen molar-refractivity contribution in [1.82, 2.24) is 14.9 Å². The quantitative estimate of drug-likeness (QED) is 0.499. The minimum Gasteiger partial charge on any atom is -0.345 e. The summed E-state index contributed by atoms with van der Waals surface area (Å²) in [4.78, 5) is 17.2. The van der Waals surface area contributed by atoms with Crippen molar-refractivity contribution in [3.05, 3.63) is 100 Å². The van der Waals surface area contributed by atoms with Crippen LogP contribution in [0.25, 0.3) is 11.0 Å². The van der Waals surface area contributed by atoms with E-state index in [1.807, 2.05) is 54.0 Å². The van der Waals surface area contributed by atoms with Crippen molar-refractivity contribution in [3.8, 4) is 0 Å². The van der Waals surface area contributed by atoms with Crippen molar-refractivity contribution in [1.29, 1.82) is 0 Å². The summed E-state index contributed by atoms with van der Waals surface area (Å²) in [5.74, 6) is 0.0766. The van der Waals surface area contributed by atoms with Gasteiger partial charge < -0.3 is 9.88 Å². The Balaban J connectivity index is 1.66. The van der Waals surface area contributed by atoms with E-state index in [1.54, 1.807) is 18.2 Å². The third-order valence-corrected chi connectivity index (χ3v) is 5.15. The van der Waals surface area contributed by atoms with Crippen LogP contribution in [0.3, 0.4) is 0 Å². The molecule has 1 N–H and O–H groups in total. The monoisotopic (exact) mass is 407 g/mol. The van der Waals surface area contributed by atoms with Gasteiger partial charge in [-0.2, -0.15) is 0 Å². The number of hydrogen-bond acceptors (Lipinski definition) is 2. The smallest absolute Gasteiger partial charge is 0.251 e. The zero-order valence-corrected chi connectivity index (χ0v) is 16.6. The van der Waals surface area contributed by atoms with Gasteiger partial charge in [0.2, 0.25) is 0 Å². The molecule has 1 aromatic heterocycles. The molecule has 0 bridgehead atoms. The predicted octanol–water partition coefficient (Wildman–Crippen LogP) is 5.12. The molecule has 29 heavy (non-hydrogen) atoms. The van der Waals surface area contributed by atoms with Gasteiger partial charge in [0.25, 0.3) is 5.91 Å². The molecule has 1 amide bonds. The first-order valence-corrected chi connectivity index (χ1v) is 9.62. The Morgan fingerprint density at radius 2 is 1.90 bits per heavy atom. The Morgan fingerprint density at radius 3 is 2.69 bits per heavy atom. The number of benzene rings is 3. The lowest BCUT2D eigenvalue weighted by molar-refractivity contribution is 0.0949. The number of aromatic nitrogens is 2. The number of amides is 1. The van der Waals surface area contributed by atoms with Gasteiger partial charge in [-0.1, -0.05) is 47.5 Å². The summed E-state index contributed by atoms with van der Waals surface area (Å²) in [7, 11) is 0. The maximum Gasteiger partial charge on any atom is 0.251 e. The van der Waals surface area contributed by atoms with Crippen molar-refractivity contribution in [2.75, 3.05) is 0 Å². The highest BCUT2D eigenvalue weighted by Crippen LogP contribution is 2.24. The van der Waals surface area contributed by atoms with Crippen LogP contribution in [0, 0.1) is 12.7 Å². The van der Waals surface area contributed by atoms with Gasteiger partial charge >= 0.3 is 0 Å². The van der Waals surface area contributed by atoms with Crippen LogP contribution in [0.2, 0.25) is 5.02 Å². The number of rotatable bonds is 5. The molecule has 0 aliphatic rings. The first kappa shape index (κ1) is 19.2. The summed E-state index contributed by atoms with van der Waals surface area (Å²) >= 11 is 6.23. The lowest BCUT2D eigenvalue weighted by Gasteiger charge is -2.12. The van der Waals surface area contributed by atoms with Crippen LogP contribution in [0.15, 0.2) is 66.7 Å². The Morgan fingerprint density at radius 1 is 1.10 bits per heavy atom. The number of para-hydroxylation sites is 2. The highest BCUT2D eigenvalue weighted by Gasteiger charge is 2.16. The van der Waals surface area contributed by atoms with Gasteiger partial charge in [-0.25, -0.2) is 9.37 Å². The van der Waals surface area contributed by atoms with Crippen molar-refractivity contribution in [2.45, 2.75) is 20.0 Å². The third-order valence-electron chi connectivity index (χ3n) is 4.80. The molecule has 0 aliphatic carbocycles. The second kappa shape index (κ2) is 8.05. The molecule has 0 unspecified atom stereocenters. The molecule has 0 aliphatic heterocycles. The van der Waals surface area contributed by atoms with Crippen LogP contribution < -0.4 is 5.32 Å². The Hall–Kier alpha value is -3.18. The lowest BCUT2D eigenvalue weighted by atomic mass is 10.1. The van der Waals surface area contributed by atoms with E-state index in [0.29, 0.717) is 22.0 Å². The fourth-order valence-electron chi connectivity index (χ4n) is 3.33.